The molecule has 6 nitrogen and oxygen atoms in total. The Morgan fingerprint density at radius 1 is 1.36 bits per heavy atom. The summed E-state index contributed by atoms with van der Waals surface area (Å²) in [6.45, 7) is 4.72. The number of aromatic nitrogens is 4. The molecule has 2 aromatic rings. The molecule has 2 atom stereocenters. The molecule has 0 unspecified atom stereocenters. The lowest BCUT2D eigenvalue weighted by atomic mass is 9.97. The molecule has 0 aliphatic carbocycles. The highest BCUT2D eigenvalue weighted by Gasteiger charge is 2.46. The lowest BCUT2D eigenvalue weighted by Crippen LogP contribution is -2.33. The quantitative estimate of drug-likeness (QED) is 0.865. The summed E-state index contributed by atoms with van der Waals surface area (Å²) in [5.41, 5.74) is 1.12. The SMILES string of the molecule is CCc1cnc(N2CC[C@]3(C[C@@H](n4ccnc4)CO3)C2)nc1. The van der Waals surface area contributed by atoms with Gasteiger partial charge in [0.15, 0.2) is 0 Å². The van der Waals surface area contributed by atoms with Crippen LogP contribution in [0.25, 0.3) is 0 Å². The number of aryl methyl sites for hydroxylation is 1. The summed E-state index contributed by atoms with van der Waals surface area (Å²) in [6.07, 6.45) is 12.6. The second-order valence-corrected chi connectivity index (χ2v) is 6.28. The molecule has 0 aromatic carbocycles. The highest BCUT2D eigenvalue weighted by atomic mass is 16.5. The van der Waals surface area contributed by atoms with Crippen molar-refractivity contribution < 1.29 is 4.74 Å². The van der Waals surface area contributed by atoms with Crippen LogP contribution in [0.15, 0.2) is 31.1 Å². The highest BCUT2D eigenvalue weighted by Crippen LogP contribution is 2.40. The third-order valence-corrected chi connectivity index (χ3v) is 4.84. The molecule has 22 heavy (non-hydrogen) atoms. The van der Waals surface area contributed by atoms with Gasteiger partial charge in [-0.2, -0.15) is 0 Å². The van der Waals surface area contributed by atoms with E-state index in [1.807, 2.05) is 31.1 Å². The molecule has 2 aliphatic heterocycles. The fraction of sp³-hybridized carbons (Fsp3) is 0.562. The summed E-state index contributed by atoms with van der Waals surface area (Å²) in [6, 6.07) is 0.394. The Kier molecular flexibility index (Phi) is 3.33. The van der Waals surface area contributed by atoms with Crippen molar-refractivity contribution in [3.8, 4) is 0 Å². The van der Waals surface area contributed by atoms with Crippen molar-refractivity contribution in [3.63, 3.8) is 0 Å². The van der Waals surface area contributed by atoms with E-state index in [9.17, 15) is 0 Å². The van der Waals surface area contributed by atoms with Crippen LogP contribution in [-0.2, 0) is 11.2 Å². The van der Waals surface area contributed by atoms with Gasteiger partial charge in [-0.15, -0.1) is 0 Å². The second-order valence-electron chi connectivity index (χ2n) is 6.28. The molecule has 4 rings (SSSR count). The molecule has 2 fully saturated rings. The number of ether oxygens (including phenoxy) is 1. The van der Waals surface area contributed by atoms with Crippen molar-refractivity contribution in [1.29, 1.82) is 0 Å². The first-order chi connectivity index (χ1) is 10.8. The number of imidazole rings is 1. The molecule has 0 N–H and O–H groups in total. The van der Waals surface area contributed by atoms with Gasteiger partial charge in [-0.1, -0.05) is 6.92 Å². The topological polar surface area (TPSA) is 56.1 Å². The highest BCUT2D eigenvalue weighted by molar-refractivity contribution is 5.34. The zero-order chi connectivity index (χ0) is 15.0. The minimum Gasteiger partial charge on any atom is -0.371 e. The van der Waals surface area contributed by atoms with Crippen LogP contribution in [0.1, 0.15) is 31.4 Å². The fourth-order valence-electron chi connectivity index (χ4n) is 3.49. The van der Waals surface area contributed by atoms with E-state index in [-0.39, 0.29) is 5.60 Å². The Morgan fingerprint density at radius 2 is 2.23 bits per heavy atom. The lowest BCUT2D eigenvalue weighted by molar-refractivity contribution is 0.0219. The minimum absolute atomic E-state index is 0.0538. The van der Waals surface area contributed by atoms with Gasteiger partial charge in [0.1, 0.15) is 0 Å². The zero-order valence-corrected chi connectivity index (χ0v) is 12.9. The van der Waals surface area contributed by atoms with Crippen LogP contribution in [-0.4, -0.2) is 44.8 Å². The molecule has 116 valence electrons. The zero-order valence-electron chi connectivity index (χ0n) is 12.9. The first-order valence-corrected chi connectivity index (χ1v) is 7.95. The van der Waals surface area contributed by atoms with Crippen molar-refractivity contribution in [2.24, 2.45) is 0 Å². The van der Waals surface area contributed by atoms with Crippen molar-refractivity contribution in [1.82, 2.24) is 19.5 Å². The van der Waals surface area contributed by atoms with E-state index in [0.29, 0.717) is 6.04 Å². The van der Waals surface area contributed by atoms with E-state index >= 15 is 0 Å². The Labute approximate surface area is 130 Å². The Balaban J connectivity index is 1.45. The van der Waals surface area contributed by atoms with Crippen LogP contribution in [0.3, 0.4) is 0 Å². The van der Waals surface area contributed by atoms with Gasteiger partial charge in [0.25, 0.3) is 0 Å². The van der Waals surface area contributed by atoms with E-state index < -0.39 is 0 Å². The van der Waals surface area contributed by atoms with Gasteiger partial charge in [0.05, 0.1) is 31.1 Å². The molecule has 0 saturated carbocycles. The molecule has 0 amide bonds. The Bertz CT molecular complexity index is 626. The predicted octanol–water partition coefficient (Wildman–Crippen LogP) is 1.85. The number of anilines is 1. The van der Waals surface area contributed by atoms with E-state index in [2.05, 4.69) is 31.3 Å². The normalized spacial score (nSPS) is 27.9. The van der Waals surface area contributed by atoms with Crippen LogP contribution in [0, 0.1) is 0 Å². The minimum atomic E-state index is -0.0538. The van der Waals surface area contributed by atoms with Crippen LogP contribution >= 0.6 is 0 Å². The molecular weight excluding hydrogens is 278 g/mol. The van der Waals surface area contributed by atoms with Gasteiger partial charge in [-0.25, -0.2) is 15.0 Å². The van der Waals surface area contributed by atoms with E-state index in [1.165, 1.54) is 5.56 Å². The van der Waals surface area contributed by atoms with Crippen molar-refractivity contribution in [2.75, 3.05) is 24.6 Å². The van der Waals surface area contributed by atoms with E-state index in [0.717, 1.165) is 44.9 Å². The lowest BCUT2D eigenvalue weighted by Gasteiger charge is -2.23. The molecule has 6 heteroatoms. The van der Waals surface area contributed by atoms with Gasteiger partial charge >= 0.3 is 0 Å². The maximum absolute atomic E-state index is 6.19. The second kappa shape index (κ2) is 5.35. The molecule has 0 bridgehead atoms. The summed E-state index contributed by atoms with van der Waals surface area (Å²) in [5.74, 6) is 0.823. The molecule has 1 spiro atoms. The van der Waals surface area contributed by atoms with Crippen LogP contribution in [0.5, 0.6) is 0 Å². The third-order valence-electron chi connectivity index (χ3n) is 4.84. The van der Waals surface area contributed by atoms with Crippen LogP contribution < -0.4 is 4.90 Å². The number of hydrogen-bond donors (Lipinski definition) is 0. The molecule has 0 radical (unpaired) electrons. The predicted molar refractivity (Wildman–Crippen MR) is 82.8 cm³/mol. The largest absolute Gasteiger partial charge is 0.371 e. The first kappa shape index (κ1) is 13.7. The van der Waals surface area contributed by atoms with Gasteiger partial charge in [-0.3, -0.25) is 0 Å². The Hall–Kier alpha value is -1.95. The van der Waals surface area contributed by atoms with Gasteiger partial charge in [0.2, 0.25) is 5.95 Å². The van der Waals surface area contributed by atoms with Crippen LogP contribution in [0.2, 0.25) is 0 Å². The molecule has 4 heterocycles. The van der Waals surface area contributed by atoms with Gasteiger partial charge in [-0.05, 0) is 18.4 Å². The average molecular weight is 299 g/mol. The molecule has 2 aromatic heterocycles. The van der Waals surface area contributed by atoms with E-state index in [1.54, 1.807) is 0 Å². The average Bonchev–Trinajstić information content (AvgIpc) is 3.29. The maximum Gasteiger partial charge on any atom is 0.225 e. The molecular formula is C16H21N5O. The summed E-state index contributed by atoms with van der Waals surface area (Å²) >= 11 is 0. The first-order valence-electron chi connectivity index (χ1n) is 7.95. The van der Waals surface area contributed by atoms with Gasteiger partial charge < -0.3 is 14.2 Å². The van der Waals surface area contributed by atoms with E-state index in [4.69, 9.17) is 4.74 Å². The van der Waals surface area contributed by atoms with Crippen LogP contribution in [0.4, 0.5) is 5.95 Å². The molecule has 2 aliphatic rings. The van der Waals surface area contributed by atoms with Crippen molar-refractivity contribution in [3.05, 3.63) is 36.7 Å². The fourth-order valence-corrected chi connectivity index (χ4v) is 3.49. The maximum atomic E-state index is 6.19. The summed E-state index contributed by atoms with van der Waals surface area (Å²) < 4.78 is 8.35. The Morgan fingerprint density at radius 3 is 2.95 bits per heavy atom. The number of rotatable bonds is 3. The monoisotopic (exact) mass is 299 g/mol. The van der Waals surface area contributed by atoms with Gasteiger partial charge in [0, 0.05) is 37.8 Å². The summed E-state index contributed by atoms with van der Waals surface area (Å²) in [7, 11) is 0. The molecule has 2 saturated heterocycles. The third kappa shape index (κ3) is 2.37. The number of hydrogen-bond acceptors (Lipinski definition) is 5. The van der Waals surface area contributed by atoms with Crippen molar-refractivity contribution in [2.45, 2.75) is 37.8 Å². The summed E-state index contributed by atoms with van der Waals surface area (Å²) in [4.78, 5) is 15.4. The number of nitrogens with zero attached hydrogens (tertiary/aromatic N) is 5. The summed E-state index contributed by atoms with van der Waals surface area (Å²) in [5, 5.41) is 0. The standard InChI is InChI=1S/C16H21N5O/c1-2-13-8-18-15(19-9-13)20-5-3-16(11-20)7-14(10-22-16)21-6-4-17-12-21/h4,6,8-9,12,14H,2-3,5,7,10-11H2,1H3/t14-,16+/m1/s1. The van der Waals surface area contributed by atoms with Crippen molar-refractivity contribution >= 4 is 5.95 Å². The smallest absolute Gasteiger partial charge is 0.225 e.